The number of anilines is 1. The van der Waals surface area contributed by atoms with Gasteiger partial charge in [-0.05, 0) is 51.1 Å². The molecule has 1 aromatic carbocycles. The zero-order valence-corrected chi connectivity index (χ0v) is 19.4. The van der Waals surface area contributed by atoms with Crippen molar-refractivity contribution in [2.45, 2.75) is 39.0 Å². The Labute approximate surface area is 190 Å². The van der Waals surface area contributed by atoms with Crippen molar-refractivity contribution in [1.82, 2.24) is 14.5 Å². The number of fused-ring (bicyclic) bond motifs is 3. The van der Waals surface area contributed by atoms with Gasteiger partial charge < -0.3 is 20.0 Å². The van der Waals surface area contributed by atoms with E-state index in [0.29, 0.717) is 26.9 Å². The first kappa shape index (κ1) is 22.2. The van der Waals surface area contributed by atoms with Gasteiger partial charge in [-0.25, -0.2) is 9.55 Å². The Morgan fingerprint density at radius 3 is 2.61 bits per heavy atom. The van der Waals surface area contributed by atoms with E-state index >= 15 is 0 Å². The van der Waals surface area contributed by atoms with Gasteiger partial charge in [0.15, 0.2) is 0 Å². The summed E-state index contributed by atoms with van der Waals surface area (Å²) in [6.45, 7) is 5.51. The second kappa shape index (κ2) is 8.88. The number of hydrogen-bond donors (Lipinski definition) is 2. The molecule has 1 aliphatic heterocycles. The second-order valence-corrected chi connectivity index (χ2v) is 9.83. The first-order valence-electron chi connectivity index (χ1n) is 10.4. The van der Waals surface area contributed by atoms with Crippen LogP contribution in [0.5, 0.6) is 0 Å². The van der Waals surface area contributed by atoms with Crippen LogP contribution in [0.3, 0.4) is 0 Å². The first-order chi connectivity index (χ1) is 14.7. The maximum atomic E-state index is 13.9. The lowest BCUT2D eigenvalue weighted by atomic mass is 10.1. The van der Waals surface area contributed by atoms with E-state index in [1.165, 1.54) is 4.88 Å². The Morgan fingerprint density at radius 2 is 1.97 bits per heavy atom. The Morgan fingerprint density at radius 1 is 1.26 bits per heavy atom. The van der Waals surface area contributed by atoms with Crippen molar-refractivity contribution in [1.29, 1.82) is 0 Å². The lowest BCUT2D eigenvalue weighted by Crippen LogP contribution is -2.40. The third-order valence-electron chi connectivity index (χ3n) is 5.37. The van der Waals surface area contributed by atoms with E-state index in [1.54, 1.807) is 52.9 Å². The monoisotopic (exact) mass is 462 g/mol. The van der Waals surface area contributed by atoms with Crippen molar-refractivity contribution in [3.63, 3.8) is 0 Å². The summed E-state index contributed by atoms with van der Waals surface area (Å²) in [6, 6.07) is 7.10. The minimum absolute atomic E-state index is 0.148. The molecule has 0 amide bonds. The standard InChI is InChI=1S/C22H27ClN4O3S/c1-13(28)10-26(11-14(2)29)22-24-20-19(17-7-8-25(3)12-18(17)31-20)21(30)27(22)16-6-4-5-15(23)9-16/h4-6,9,13-14,28-29H,7-8,10-12H2,1-3H3/t13-,14-/m1/s1. The van der Waals surface area contributed by atoms with Crippen LogP contribution in [0.4, 0.5) is 5.95 Å². The lowest BCUT2D eigenvalue weighted by Gasteiger charge is -2.28. The summed E-state index contributed by atoms with van der Waals surface area (Å²) in [6.07, 6.45) is -0.517. The van der Waals surface area contributed by atoms with Crippen molar-refractivity contribution in [2.24, 2.45) is 0 Å². The van der Waals surface area contributed by atoms with Crippen LogP contribution in [0.25, 0.3) is 15.9 Å². The van der Waals surface area contributed by atoms with Gasteiger partial charge in [-0.3, -0.25) is 4.79 Å². The normalized spacial score (nSPS) is 16.3. The maximum Gasteiger partial charge on any atom is 0.268 e. The summed E-state index contributed by atoms with van der Waals surface area (Å²) in [5.41, 5.74) is 1.54. The summed E-state index contributed by atoms with van der Waals surface area (Å²) >= 11 is 7.79. The number of nitrogens with zero attached hydrogens (tertiary/aromatic N) is 4. The van der Waals surface area contributed by atoms with Gasteiger partial charge >= 0.3 is 0 Å². The van der Waals surface area contributed by atoms with Crippen LogP contribution >= 0.6 is 22.9 Å². The van der Waals surface area contributed by atoms with Crippen molar-refractivity contribution < 1.29 is 10.2 Å². The first-order valence-corrected chi connectivity index (χ1v) is 11.6. The van der Waals surface area contributed by atoms with Crippen molar-refractivity contribution in [3.8, 4) is 5.69 Å². The summed E-state index contributed by atoms with van der Waals surface area (Å²) in [5.74, 6) is 0.397. The van der Waals surface area contributed by atoms with E-state index in [9.17, 15) is 15.0 Å². The fourth-order valence-electron chi connectivity index (χ4n) is 4.10. The highest BCUT2D eigenvalue weighted by atomic mass is 35.5. The van der Waals surface area contributed by atoms with Gasteiger partial charge in [0, 0.05) is 36.1 Å². The molecule has 7 nitrogen and oxygen atoms in total. The highest BCUT2D eigenvalue weighted by Crippen LogP contribution is 2.34. The molecule has 0 aliphatic carbocycles. The van der Waals surface area contributed by atoms with Crippen LogP contribution in [-0.2, 0) is 13.0 Å². The molecule has 31 heavy (non-hydrogen) atoms. The molecular formula is C22H27ClN4O3S. The van der Waals surface area contributed by atoms with Crippen LogP contribution in [0.15, 0.2) is 29.1 Å². The highest BCUT2D eigenvalue weighted by molar-refractivity contribution is 7.18. The Bertz CT molecular complexity index is 1150. The highest BCUT2D eigenvalue weighted by Gasteiger charge is 2.27. The van der Waals surface area contributed by atoms with E-state index in [0.717, 1.165) is 25.1 Å². The van der Waals surface area contributed by atoms with Crippen molar-refractivity contribution >= 4 is 39.1 Å². The molecule has 0 saturated carbocycles. The topological polar surface area (TPSA) is 81.8 Å². The second-order valence-electron chi connectivity index (χ2n) is 8.31. The molecule has 166 valence electrons. The molecule has 2 atom stereocenters. The number of benzene rings is 1. The lowest BCUT2D eigenvalue weighted by molar-refractivity contribution is 0.177. The number of halogens is 1. The summed E-state index contributed by atoms with van der Waals surface area (Å²) in [5, 5.41) is 21.3. The molecule has 0 spiro atoms. The van der Waals surface area contributed by atoms with Crippen LogP contribution < -0.4 is 10.5 Å². The molecular weight excluding hydrogens is 436 g/mol. The Balaban J connectivity index is 2.01. The molecule has 0 fully saturated rings. The molecule has 1 aliphatic rings. The third-order valence-corrected chi connectivity index (χ3v) is 6.71. The van der Waals surface area contributed by atoms with Crippen molar-refractivity contribution in [3.05, 3.63) is 50.1 Å². The van der Waals surface area contributed by atoms with Crippen LogP contribution in [0, 0.1) is 0 Å². The zero-order chi connectivity index (χ0) is 22.3. The molecule has 2 N–H and O–H groups in total. The minimum atomic E-state index is -0.663. The average molecular weight is 463 g/mol. The van der Waals surface area contributed by atoms with Gasteiger partial charge in [-0.1, -0.05) is 17.7 Å². The van der Waals surface area contributed by atoms with E-state index in [2.05, 4.69) is 11.9 Å². The summed E-state index contributed by atoms with van der Waals surface area (Å²) in [7, 11) is 2.07. The number of hydrogen-bond acceptors (Lipinski definition) is 7. The Kier molecular flexibility index (Phi) is 6.37. The van der Waals surface area contributed by atoms with Crippen LogP contribution in [0.1, 0.15) is 24.3 Å². The van der Waals surface area contributed by atoms with Gasteiger partial charge in [0.1, 0.15) is 4.83 Å². The average Bonchev–Trinajstić information content (AvgIpc) is 3.04. The number of aliphatic hydroxyl groups excluding tert-OH is 2. The summed E-state index contributed by atoms with van der Waals surface area (Å²) in [4.78, 5) is 24.6. The molecule has 0 saturated heterocycles. The van der Waals surface area contributed by atoms with Gasteiger partial charge in [0.2, 0.25) is 5.95 Å². The number of aromatic nitrogens is 2. The number of likely N-dealkylation sites (N-methyl/N-ethyl adjacent to an activating group) is 1. The van der Waals surface area contributed by atoms with Gasteiger partial charge in [-0.2, -0.15) is 0 Å². The van der Waals surface area contributed by atoms with Gasteiger partial charge in [-0.15, -0.1) is 11.3 Å². The van der Waals surface area contributed by atoms with Crippen LogP contribution in [-0.4, -0.2) is 63.6 Å². The fourth-order valence-corrected chi connectivity index (χ4v) is 5.57. The molecule has 3 aromatic rings. The van der Waals surface area contributed by atoms with Gasteiger partial charge in [0.05, 0.1) is 23.3 Å². The molecule has 2 aromatic heterocycles. The fraction of sp³-hybridized carbons (Fsp3) is 0.455. The predicted molar refractivity (Wildman–Crippen MR) is 126 cm³/mol. The molecule has 4 rings (SSSR count). The Hall–Kier alpha value is -1.97. The molecule has 3 heterocycles. The van der Waals surface area contributed by atoms with E-state index < -0.39 is 12.2 Å². The largest absolute Gasteiger partial charge is 0.392 e. The SMILES string of the molecule is C[C@@H](O)CN(C[C@@H](C)O)c1nc2sc3c(c2c(=O)n1-c1cccc(Cl)c1)CCN(C)C3. The molecule has 0 unspecified atom stereocenters. The van der Waals surface area contributed by atoms with Crippen molar-refractivity contribution in [2.75, 3.05) is 31.6 Å². The number of rotatable bonds is 6. The minimum Gasteiger partial charge on any atom is -0.392 e. The zero-order valence-electron chi connectivity index (χ0n) is 17.9. The maximum absolute atomic E-state index is 13.9. The predicted octanol–water partition coefficient (Wildman–Crippen LogP) is 2.66. The number of aliphatic hydroxyl groups is 2. The summed E-state index contributed by atoms with van der Waals surface area (Å²) < 4.78 is 1.56. The molecule has 0 bridgehead atoms. The molecule has 9 heteroatoms. The quantitative estimate of drug-likeness (QED) is 0.586. The van der Waals surface area contributed by atoms with E-state index in [-0.39, 0.29) is 18.6 Å². The molecule has 0 radical (unpaired) electrons. The van der Waals surface area contributed by atoms with E-state index in [4.69, 9.17) is 16.6 Å². The van der Waals surface area contributed by atoms with Gasteiger partial charge in [0.25, 0.3) is 5.56 Å². The number of thiophene rings is 1. The van der Waals surface area contributed by atoms with E-state index in [1.807, 2.05) is 6.07 Å². The van der Waals surface area contributed by atoms with Crippen LogP contribution in [0.2, 0.25) is 5.02 Å². The smallest absolute Gasteiger partial charge is 0.268 e. The third kappa shape index (κ3) is 4.49.